The van der Waals surface area contributed by atoms with E-state index in [1.54, 1.807) is 36.4 Å². The number of carbonyl (C=O) groups is 1. The number of amides is 1. The van der Waals surface area contributed by atoms with E-state index in [9.17, 15) is 4.79 Å². The van der Waals surface area contributed by atoms with Gasteiger partial charge < -0.3 is 10.1 Å². The van der Waals surface area contributed by atoms with Gasteiger partial charge in [-0.3, -0.25) is 10.1 Å². The van der Waals surface area contributed by atoms with E-state index >= 15 is 0 Å². The van der Waals surface area contributed by atoms with Gasteiger partial charge in [-0.05, 0) is 56.4 Å². The van der Waals surface area contributed by atoms with Gasteiger partial charge in [0.05, 0.1) is 27.4 Å². The Morgan fingerprint density at radius 2 is 1.96 bits per heavy atom. The first kappa shape index (κ1) is 20.0. The number of hydrogen-bond donors (Lipinski definition) is 2. The molecule has 0 spiro atoms. The number of hydrogen-bond acceptors (Lipinski definition) is 3. The van der Waals surface area contributed by atoms with Gasteiger partial charge in [0.25, 0.3) is 5.91 Å². The van der Waals surface area contributed by atoms with Gasteiger partial charge >= 0.3 is 0 Å². The number of ether oxygens (including phenoxy) is 1. The zero-order chi connectivity index (χ0) is 18.6. The van der Waals surface area contributed by atoms with Crippen LogP contribution < -0.4 is 15.4 Å². The second-order valence-electron chi connectivity index (χ2n) is 5.32. The summed E-state index contributed by atoms with van der Waals surface area (Å²) in [4.78, 5) is 12.6. The molecule has 0 aliphatic carbocycles. The molecular weight excluding hydrogens is 447 g/mol. The predicted molar refractivity (Wildman–Crippen MR) is 110 cm³/mol. The zero-order valence-electron chi connectivity index (χ0n) is 13.4. The number of halogens is 3. The highest BCUT2D eigenvalue weighted by Crippen LogP contribution is 2.29. The molecule has 2 aromatic rings. The third-order valence-electron chi connectivity index (χ3n) is 2.98. The Balaban J connectivity index is 2.15. The van der Waals surface area contributed by atoms with Gasteiger partial charge in [0.2, 0.25) is 0 Å². The lowest BCUT2D eigenvalue weighted by atomic mass is 10.2. The summed E-state index contributed by atoms with van der Waals surface area (Å²) in [6.07, 6.45) is -0.0666. The van der Waals surface area contributed by atoms with Gasteiger partial charge in [0.15, 0.2) is 5.11 Å². The molecule has 25 heavy (non-hydrogen) atoms. The number of rotatable bonds is 4. The number of benzene rings is 2. The summed E-state index contributed by atoms with van der Waals surface area (Å²) in [6, 6.07) is 10.3. The lowest BCUT2D eigenvalue weighted by Crippen LogP contribution is -2.34. The molecule has 4 nitrogen and oxygen atoms in total. The Labute approximate surface area is 170 Å². The molecule has 2 aromatic carbocycles. The van der Waals surface area contributed by atoms with Crippen LogP contribution in [0.4, 0.5) is 5.69 Å². The molecule has 0 saturated heterocycles. The van der Waals surface area contributed by atoms with Crippen molar-refractivity contribution in [2.75, 3.05) is 5.32 Å². The van der Waals surface area contributed by atoms with Crippen LogP contribution >= 0.6 is 51.3 Å². The molecule has 0 aliphatic rings. The molecule has 0 fully saturated rings. The Hall–Kier alpha value is -1.34. The fraction of sp³-hybridized carbons (Fsp3) is 0.176. The maximum absolute atomic E-state index is 12.6. The smallest absolute Gasteiger partial charge is 0.261 e. The van der Waals surface area contributed by atoms with Gasteiger partial charge in [-0.2, -0.15) is 0 Å². The maximum Gasteiger partial charge on any atom is 0.261 e. The lowest BCUT2D eigenvalue weighted by Gasteiger charge is -2.15. The number of anilines is 1. The van der Waals surface area contributed by atoms with Gasteiger partial charge in [-0.15, -0.1) is 0 Å². The van der Waals surface area contributed by atoms with E-state index in [1.807, 2.05) is 13.8 Å². The topological polar surface area (TPSA) is 50.4 Å². The van der Waals surface area contributed by atoms with Crippen molar-refractivity contribution in [3.05, 3.63) is 56.5 Å². The molecule has 2 N–H and O–H groups in total. The first-order chi connectivity index (χ1) is 11.8. The Kier molecular flexibility index (Phi) is 7.07. The summed E-state index contributed by atoms with van der Waals surface area (Å²) in [7, 11) is 0. The van der Waals surface area contributed by atoms with E-state index in [-0.39, 0.29) is 11.2 Å². The van der Waals surface area contributed by atoms with Gasteiger partial charge in [-0.1, -0.05) is 45.2 Å². The second-order valence-corrected chi connectivity index (χ2v) is 7.43. The average molecular weight is 462 g/mol. The average Bonchev–Trinajstić information content (AvgIpc) is 2.53. The molecule has 1 amide bonds. The highest BCUT2D eigenvalue weighted by Gasteiger charge is 2.16. The molecule has 0 saturated carbocycles. The van der Waals surface area contributed by atoms with E-state index in [2.05, 4.69) is 26.6 Å². The van der Waals surface area contributed by atoms with Crippen molar-refractivity contribution in [3.63, 3.8) is 0 Å². The molecule has 2 rings (SSSR count). The van der Waals surface area contributed by atoms with Crippen molar-refractivity contribution in [1.82, 2.24) is 5.32 Å². The van der Waals surface area contributed by atoms with Gasteiger partial charge in [0, 0.05) is 4.47 Å². The van der Waals surface area contributed by atoms with E-state index in [4.69, 9.17) is 40.2 Å². The predicted octanol–water partition coefficient (Wildman–Crippen LogP) is 5.67. The summed E-state index contributed by atoms with van der Waals surface area (Å²) < 4.78 is 6.43. The summed E-state index contributed by atoms with van der Waals surface area (Å²) in [6.45, 7) is 3.77. The van der Waals surface area contributed by atoms with Crippen LogP contribution in [-0.4, -0.2) is 17.1 Å². The van der Waals surface area contributed by atoms with E-state index in [0.717, 1.165) is 4.47 Å². The first-order valence-corrected chi connectivity index (χ1v) is 9.26. The minimum absolute atomic E-state index is 0.0666. The van der Waals surface area contributed by atoms with Crippen molar-refractivity contribution in [3.8, 4) is 5.75 Å². The summed E-state index contributed by atoms with van der Waals surface area (Å²) in [5.41, 5.74) is 0.872. The van der Waals surface area contributed by atoms with E-state index in [1.165, 1.54) is 0 Å². The van der Waals surface area contributed by atoms with Crippen molar-refractivity contribution in [2.45, 2.75) is 20.0 Å². The van der Waals surface area contributed by atoms with Crippen LogP contribution in [0.3, 0.4) is 0 Å². The highest BCUT2D eigenvalue weighted by atomic mass is 79.9. The molecule has 0 bridgehead atoms. The highest BCUT2D eigenvalue weighted by molar-refractivity contribution is 9.10. The molecule has 0 atom stereocenters. The van der Waals surface area contributed by atoms with Gasteiger partial charge in [-0.25, -0.2) is 0 Å². The van der Waals surface area contributed by atoms with Crippen LogP contribution in [0.25, 0.3) is 0 Å². The Bertz CT molecular complexity index is 815. The molecule has 0 aliphatic heterocycles. The standard InChI is InChI=1S/C17H15BrCl2N2O2S/c1-9(2)24-14-7-6-10(18)8-11(14)16(23)22-17(25)21-13-5-3-4-12(19)15(13)20/h3-9H,1-2H3,(H2,21,22,23,25). The van der Waals surface area contributed by atoms with Crippen molar-refractivity contribution >= 4 is 68.1 Å². The fourth-order valence-corrected chi connectivity index (χ4v) is 2.87. The van der Waals surface area contributed by atoms with E-state index in [0.29, 0.717) is 27.0 Å². The van der Waals surface area contributed by atoms with Crippen molar-refractivity contribution in [2.24, 2.45) is 0 Å². The third kappa shape index (κ3) is 5.57. The third-order valence-corrected chi connectivity index (χ3v) is 4.49. The summed E-state index contributed by atoms with van der Waals surface area (Å²) >= 11 is 20.6. The number of nitrogens with one attached hydrogen (secondary N) is 2. The Morgan fingerprint density at radius 1 is 1.24 bits per heavy atom. The van der Waals surface area contributed by atoms with Crippen molar-refractivity contribution in [1.29, 1.82) is 0 Å². The van der Waals surface area contributed by atoms with E-state index < -0.39 is 5.91 Å². The fourth-order valence-electron chi connectivity index (χ4n) is 1.96. The SMILES string of the molecule is CC(C)Oc1ccc(Br)cc1C(=O)NC(=S)Nc1cccc(Cl)c1Cl. The minimum Gasteiger partial charge on any atom is -0.490 e. The Morgan fingerprint density at radius 3 is 2.64 bits per heavy atom. The maximum atomic E-state index is 12.6. The van der Waals surface area contributed by atoms with Crippen LogP contribution in [-0.2, 0) is 0 Å². The summed E-state index contributed by atoms with van der Waals surface area (Å²) in [5.74, 6) is 0.0758. The van der Waals surface area contributed by atoms with Crippen molar-refractivity contribution < 1.29 is 9.53 Å². The first-order valence-electron chi connectivity index (χ1n) is 7.30. The van der Waals surface area contributed by atoms with Crippen LogP contribution in [0.2, 0.25) is 10.0 Å². The normalized spacial score (nSPS) is 10.5. The molecule has 8 heteroatoms. The summed E-state index contributed by atoms with van der Waals surface area (Å²) in [5, 5.41) is 6.28. The molecule has 0 heterocycles. The molecular formula is C17H15BrCl2N2O2S. The number of carbonyl (C=O) groups excluding carboxylic acids is 1. The molecule has 0 radical (unpaired) electrons. The van der Waals surface area contributed by atoms with Crippen LogP contribution in [0.1, 0.15) is 24.2 Å². The molecule has 0 unspecified atom stereocenters. The largest absolute Gasteiger partial charge is 0.490 e. The molecule has 132 valence electrons. The number of thiocarbonyl (C=S) groups is 1. The second kappa shape index (κ2) is 8.85. The minimum atomic E-state index is -0.396. The molecule has 0 aromatic heterocycles. The van der Waals surface area contributed by atoms with Crippen LogP contribution in [0.15, 0.2) is 40.9 Å². The van der Waals surface area contributed by atoms with Crippen LogP contribution in [0, 0.1) is 0 Å². The van der Waals surface area contributed by atoms with Gasteiger partial charge in [0.1, 0.15) is 5.75 Å². The monoisotopic (exact) mass is 460 g/mol. The van der Waals surface area contributed by atoms with Crippen LogP contribution in [0.5, 0.6) is 5.75 Å². The lowest BCUT2D eigenvalue weighted by molar-refractivity contribution is 0.0972. The zero-order valence-corrected chi connectivity index (χ0v) is 17.3. The quantitative estimate of drug-likeness (QED) is 0.576.